The Morgan fingerprint density at radius 3 is 2.91 bits per heavy atom. The van der Waals surface area contributed by atoms with E-state index in [1.165, 1.54) is 37.1 Å². The predicted octanol–water partition coefficient (Wildman–Crippen LogP) is 4.49. The summed E-state index contributed by atoms with van der Waals surface area (Å²) in [5, 5.41) is 11.8. The second kappa shape index (κ2) is 8.16. The normalized spacial score (nSPS) is 15.9. The summed E-state index contributed by atoms with van der Waals surface area (Å²) < 4.78 is 0. The van der Waals surface area contributed by atoms with Crippen LogP contribution < -0.4 is 5.32 Å². The van der Waals surface area contributed by atoms with Crippen LogP contribution in [-0.4, -0.2) is 44.4 Å². The molecule has 0 atom stereocenters. The molecule has 5 heterocycles. The van der Waals surface area contributed by atoms with Crippen LogP contribution in [0.2, 0.25) is 0 Å². The number of aliphatic imine (C=N–C) groups is 1. The van der Waals surface area contributed by atoms with Gasteiger partial charge in [0.25, 0.3) is 0 Å². The van der Waals surface area contributed by atoms with Crippen molar-refractivity contribution >= 4 is 28.6 Å². The topological polar surface area (TPSA) is 82.1 Å². The summed E-state index contributed by atoms with van der Waals surface area (Å²) in [6.45, 7) is 3.95. The van der Waals surface area contributed by atoms with E-state index in [4.69, 9.17) is 4.98 Å². The summed E-state index contributed by atoms with van der Waals surface area (Å²) in [4.78, 5) is 16.6. The number of hydrogen-bond donors (Lipinski definition) is 2. The number of nitrogens with zero attached hydrogens (tertiary/aromatic N) is 5. The van der Waals surface area contributed by atoms with Crippen LogP contribution in [0, 0.1) is 0 Å². The van der Waals surface area contributed by atoms with Crippen molar-refractivity contribution in [1.29, 1.82) is 0 Å². The standard InChI is InChI=1S/C25H25N7/c1-2-8-32(7-1)16-17-9-20(13-27-12-17)23-10-18-5-6-26-15-22(18)25(30-23)29-21-4-3-19-14-28-31-24(19)11-21/h3-4,6,9-14H,1-2,5,7-8,15-16H2,(H,28,31)(H,29,30). The third kappa shape index (κ3) is 3.76. The van der Waals surface area contributed by atoms with Crippen LogP contribution >= 0.6 is 0 Å². The number of fused-ring (bicyclic) bond motifs is 2. The molecule has 0 amide bonds. The molecule has 2 aliphatic rings. The fourth-order valence-corrected chi connectivity index (χ4v) is 4.62. The van der Waals surface area contributed by atoms with Gasteiger partial charge in [-0.05, 0) is 67.4 Å². The average Bonchev–Trinajstić information content (AvgIpc) is 3.51. The van der Waals surface area contributed by atoms with E-state index in [1.54, 1.807) is 0 Å². The highest BCUT2D eigenvalue weighted by Crippen LogP contribution is 2.31. The van der Waals surface area contributed by atoms with Crippen molar-refractivity contribution in [3.05, 3.63) is 65.6 Å². The Balaban J connectivity index is 1.36. The number of benzene rings is 1. The number of hydrogen-bond acceptors (Lipinski definition) is 6. The first-order chi connectivity index (χ1) is 15.8. The van der Waals surface area contributed by atoms with Gasteiger partial charge in [-0.15, -0.1) is 0 Å². The lowest BCUT2D eigenvalue weighted by Crippen LogP contribution is -2.18. The Kier molecular flexibility index (Phi) is 4.88. The summed E-state index contributed by atoms with van der Waals surface area (Å²) >= 11 is 0. The van der Waals surface area contributed by atoms with Crippen LogP contribution in [0.4, 0.5) is 11.5 Å². The van der Waals surface area contributed by atoms with Crippen molar-refractivity contribution in [3.63, 3.8) is 0 Å². The highest BCUT2D eigenvalue weighted by molar-refractivity contribution is 5.83. The third-order valence-electron chi connectivity index (χ3n) is 6.31. The monoisotopic (exact) mass is 423 g/mol. The number of aromatic nitrogens is 4. The van der Waals surface area contributed by atoms with E-state index < -0.39 is 0 Å². The Bertz CT molecular complexity index is 1300. The van der Waals surface area contributed by atoms with Crippen molar-refractivity contribution < 1.29 is 0 Å². The maximum atomic E-state index is 5.03. The zero-order chi connectivity index (χ0) is 21.3. The van der Waals surface area contributed by atoms with E-state index in [9.17, 15) is 0 Å². The summed E-state index contributed by atoms with van der Waals surface area (Å²) in [7, 11) is 0. The first-order valence-corrected chi connectivity index (χ1v) is 11.2. The lowest BCUT2D eigenvalue weighted by atomic mass is 10.0. The molecule has 0 bridgehead atoms. The molecule has 160 valence electrons. The van der Waals surface area contributed by atoms with E-state index in [2.05, 4.69) is 60.7 Å². The minimum absolute atomic E-state index is 0.643. The largest absolute Gasteiger partial charge is 0.340 e. The fraction of sp³-hybridized carbons (Fsp3) is 0.280. The van der Waals surface area contributed by atoms with Gasteiger partial charge in [0.1, 0.15) is 5.82 Å². The maximum absolute atomic E-state index is 5.03. The van der Waals surface area contributed by atoms with Gasteiger partial charge in [0, 0.05) is 53.8 Å². The van der Waals surface area contributed by atoms with Crippen LogP contribution in [0.25, 0.3) is 22.2 Å². The van der Waals surface area contributed by atoms with Crippen LogP contribution in [-0.2, 0) is 19.5 Å². The molecule has 32 heavy (non-hydrogen) atoms. The Labute approximate surface area is 186 Å². The fourth-order valence-electron chi connectivity index (χ4n) is 4.62. The highest BCUT2D eigenvalue weighted by atomic mass is 15.1. The van der Waals surface area contributed by atoms with Crippen LogP contribution in [0.1, 0.15) is 29.5 Å². The van der Waals surface area contributed by atoms with E-state index in [1.807, 2.05) is 24.8 Å². The molecule has 0 spiro atoms. The van der Waals surface area contributed by atoms with Crippen LogP contribution in [0.15, 0.2) is 53.9 Å². The first-order valence-electron chi connectivity index (χ1n) is 11.2. The van der Waals surface area contributed by atoms with Crippen molar-refractivity contribution in [3.8, 4) is 11.3 Å². The van der Waals surface area contributed by atoms with Gasteiger partial charge in [-0.25, -0.2) is 4.98 Å². The molecule has 2 N–H and O–H groups in total. The van der Waals surface area contributed by atoms with Gasteiger partial charge in [-0.3, -0.25) is 20.0 Å². The number of rotatable bonds is 5. The molecule has 7 heteroatoms. The van der Waals surface area contributed by atoms with Crippen molar-refractivity contribution in [2.45, 2.75) is 32.4 Å². The third-order valence-corrected chi connectivity index (χ3v) is 6.31. The molecule has 4 aromatic rings. The molecule has 0 unspecified atom stereocenters. The molecule has 3 aromatic heterocycles. The number of pyridine rings is 2. The second-order valence-electron chi connectivity index (χ2n) is 8.58. The van der Waals surface area contributed by atoms with Gasteiger partial charge in [0.05, 0.1) is 24.0 Å². The van der Waals surface area contributed by atoms with Gasteiger partial charge < -0.3 is 5.32 Å². The number of likely N-dealkylation sites (tertiary alicyclic amines) is 1. The number of aromatic amines is 1. The van der Waals surface area contributed by atoms with Crippen molar-refractivity contribution in [2.24, 2.45) is 4.99 Å². The number of anilines is 2. The van der Waals surface area contributed by atoms with E-state index in [-0.39, 0.29) is 0 Å². The lowest BCUT2D eigenvalue weighted by Gasteiger charge is -2.19. The molecule has 2 aliphatic heterocycles. The summed E-state index contributed by atoms with van der Waals surface area (Å²) in [6.07, 6.45) is 11.1. The quantitative estimate of drug-likeness (QED) is 0.494. The zero-order valence-electron chi connectivity index (χ0n) is 17.9. The Morgan fingerprint density at radius 1 is 1.03 bits per heavy atom. The first kappa shape index (κ1) is 19.1. The minimum atomic E-state index is 0.643. The van der Waals surface area contributed by atoms with Crippen LogP contribution in [0.3, 0.4) is 0 Å². The minimum Gasteiger partial charge on any atom is -0.340 e. The molecular weight excluding hydrogens is 398 g/mol. The molecule has 1 fully saturated rings. The zero-order valence-corrected chi connectivity index (χ0v) is 17.9. The van der Waals surface area contributed by atoms with Gasteiger partial charge in [0.2, 0.25) is 0 Å². The van der Waals surface area contributed by atoms with E-state index >= 15 is 0 Å². The number of nitrogens with one attached hydrogen (secondary N) is 2. The average molecular weight is 424 g/mol. The Hall–Kier alpha value is -3.58. The van der Waals surface area contributed by atoms with Gasteiger partial charge in [-0.1, -0.05) is 0 Å². The second-order valence-corrected chi connectivity index (χ2v) is 8.58. The maximum Gasteiger partial charge on any atom is 0.136 e. The van der Waals surface area contributed by atoms with Gasteiger partial charge >= 0.3 is 0 Å². The summed E-state index contributed by atoms with van der Waals surface area (Å²) in [6, 6.07) is 10.6. The molecule has 6 rings (SSSR count). The Morgan fingerprint density at radius 2 is 1.97 bits per heavy atom. The SMILES string of the molecule is C1=NCc2c(cc(-c3cncc(CN4CCCC4)c3)nc2Nc2ccc3cn[nH]c3c2)C1. The summed E-state index contributed by atoms with van der Waals surface area (Å²) in [5.41, 5.74) is 7.63. The number of H-pyrrole nitrogens is 1. The van der Waals surface area contributed by atoms with Crippen molar-refractivity contribution in [1.82, 2.24) is 25.1 Å². The summed E-state index contributed by atoms with van der Waals surface area (Å²) in [5.74, 6) is 0.859. The molecule has 1 saturated heterocycles. The smallest absolute Gasteiger partial charge is 0.136 e. The van der Waals surface area contributed by atoms with E-state index in [0.29, 0.717) is 6.54 Å². The van der Waals surface area contributed by atoms with Crippen molar-refractivity contribution in [2.75, 3.05) is 18.4 Å². The van der Waals surface area contributed by atoms with E-state index in [0.717, 1.165) is 52.2 Å². The lowest BCUT2D eigenvalue weighted by molar-refractivity contribution is 0.331. The van der Waals surface area contributed by atoms with Gasteiger partial charge in [0.15, 0.2) is 0 Å². The molecule has 0 aliphatic carbocycles. The molecule has 0 radical (unpaired) electrons. The molecular formula is C25H25N7. The molecule has 1 aromatic carbocycles. The van der Waals surface area contributed by atoms with Crippen LogP contribution in [0.5, 0.6) is 0 Å². The van der Waals surface area contributed by atoms with Gasteiger partial charge in [-0.2, -0.15) is 5.10 Å². The predicted molar refractivity (Wildman–Crippen MR) is 127 cm³/mol. The molecule has 7 nitrogen and oxygen atoms in total. The molecule has 0 saturated carbocycles. The highest BCUT2D eigenvalue weighted by Gasteiger charge is 2.17.